The van der Waals surface area contributed by atoms with E-state index in [1.54, 1.807) is 12.4 Å². The predicted molar refractivity (Wildman–Crippen MR) is 73.7 cm³/mol. The van der Waals surface area contributed by atoms with Crippen molar-refractivity contribution in [3.05, 3.63) is 50.5 Å². The molecular weight excluding hydrogens is 291 g/mol. The van der Waals surface area contributed by atoms with Gasteiger partial charge < -0.3 is 10.3 Å². The third-order valence-electron chi connectivity index (χ3n) is 2.53. The molecule has 100 valence electrons. The summed E-state index contributed by atoms with van der Waals surface area (Å²) in [6.07, 6.45) is 3.33. The Morgan fingerprint density at radius 1 is 1.42 bits per heavy atom. The van der Waals surface area contributed by atoms with Crippen molar-refractivity contribution in [1.82, 2.24) is 9.97 Å². The monoisotopic (exact) mass is 300 g/mol. The van der Waals surface area contributed by atoms with Crippen LogP contribution in [0.15, 0.2) is 24.5 Å². The SMILES string of the molecule is CC(Nc1c(Cl)cc([N+](=O)[O-])cc1Cl)c1ncc[nH]1. The molecule has 0 fully saturated rings. The topological polar surface area (TPSA) is 83.8 Å². The Kier molecular flexibility index (Phi) is 3.92. The molecule has 1 aromatic carbocycles. The molecule has 0 saturated carbocycles. The van der Waals surface area contributed by atoms with Gasteiger partial charge in [-0.1, -0.05) is 23.2 Å². The number of anilines is 1. The second kappa shape index (κ2) is 5.46. The standard InChI is InChI=1S/C11H10Cl2N4O2/c1-6(11-14-2-3-15-11)16-10-8(12)4-7(17(18)19)5-9(10)13/h2-6,16H,1H3,(H,14,15). The summed E-state index contributed by atoms with van der Waals surface area (Å²) in [6.45, 7) is 1.87. The van der Waals surface area contributed by atoms with Crippen LogP contribution in [0.4, 0.5) is 11.4 Å². The van der Waals surface area contributed by atoms with Crippen LogP contribution < -0.4 is 5.32 Å². The van der Waals surface area contributed by atoms with E-state index in [0.29, 0.717) is 11.5 Å². The number of nitro benzene ring substituents is 1. The molecule has 1 aromatic heterocycles. The highest BCUT2D eigenvalue weighted by molar-refractivity contribution is 6.39. The van der Waals surface area contributed by atoms with Gasteiger partial charge in [0.2, 0.25) is 0 Å². The third kappa shape index (κ3) is 2.97. The fraction of sp³-hybridized carbons (Fsp3) is 0.182. The van der Waals surface area contributed by atoms with E-state index < -0.39 is 4.92 Å². The number of aromatic nitrogens is 2. The Bertz CT molecular complexity index is 578. The van der Waals surface area contributed by atoms with Crippen LogP contribution in [-0.4, -0.2) is 14.9 Å². The number of H-pyrrole nitrogens is 1. The van der Waals surface area contributed by atoms with Crippen molar-refractivity contribution in [3.63, 3.8) is 0 Å². The van der Waals surface area contributed by atoms with E-state index in [9.17, 15) is 10.1 Å². The molecule has 0 aliphatic rings. The first kappa shape index (κ1) is 13.6. The first-order valence-corrected chi connectivity index (χ1v) is 6.14. The van der Waals surface area contributed by atoms with E-state index in [1.165, 1.54) is 12.1 Å². The van der Waals surface area contributed by atoms with Crippen LogP contribution in [0.5, 0.6) is 0 Å². The molecule has 0 aliphatic carbocycles. The molecule has 0 saturated heterocycles. The Labute approximate surface area is 118 Å². The van der Waals surface area contributed by atoms with Crippen molar-refractivity contribution < 1.29 is 4.92 Å². The van der Waals surface area contributed by atoms with Gasteiger partial charge in [-0.25, -0.2) is 4.98 Å². The van der Waals surface area contributed by atoms with Crippen molar-refractivity contribution in [2.24, 2.45) is 0 Å². The van der Waals surface area contributed by atoms with Crippen molar-refractivity contribution in [2.75, 3.05) is 5.32 Å². The molecule has 6 nitrogen and oxygen atoms in total. The minimum Gasteiger partial charge on any atom is -0.373 e. The molecule has 1 unspecified atom stereocenters. The number of hydrogen-bond donors (Lipinski definition) is 2. The number of nitrogens with zero attached hydrogens (tertiary/aromatic N) is 2. The largest absolute Gasteiger partial charge is 0.373 e. The number of nitrogens with one attached hydrogen (secondary N) is 2. The highest BCUT2D eigenvalue weighted by Gasteiger charge is 2.17. The van der Waals surface area contributed by atoms with Gasteiger partial charge in [-0.3, -0.25) is 10.1 Å². The molecule has 1 heterocycles. The number of hydrogen-bond acceptors (Lipinski definition) is 4. The summed E-state index contributed by atoms with van der Waals surface area (Å²) < 4.78 is 0. The van der Waals surface area contributed by atoms with Crippen LogP contribution >= 0.6 is 23.2 Å². The lowest BCUT2D eigenvalue weighted by molar-refractivity contribution is -0.384. The lowest BCUT2D eigenvalue weighted by Crippen LogP contribution is -2.09. The fourth-order valence-corrected chi connectivity index (χ4v) is 2.19. The van der Waals surface area contributed by atoms with Crippen LogP contribution in [0.25, 0.3) is 0 Å². The van der Waals surface area contributed by atoms with Gasteiger partial charge in [0.1, 0.15) is 5.82 Å². The third-order valence-corrected chi connectivity index (χ3v) is 3.12. The van der Waals surface area contributed by atoms with Gasteiger partial charge in [0.05, 0.1) is 26.7 Å². The second-order valence-electron chi connectivity index (χ2n) is 3.88. The summed E-state index contributed by atoms with van der Waals surface area (Å²) in [6, 6.07) is 2.35. The maximum atomic E-state index is 10.7. The van der Waals surface area contributed by atoms with Crippen molar-refractivity contribution in [3.8, 4) is 0 Å². The second-order valence-corrected chi connectivity index (χ2v) is 4.70. The molecule has 0 spiro atoms. The number of imidazole rings is 1. The summed E-state index contributed by atoms with van der Waals surface area (Å²) >= 11 is 12.0. The Morgan fingerprint density at radius 2 is 2.05 bits per heavy atom. The zero-order chi connectivity index (χ0) is 14.0. The zero-order valence-corrected chi connectivity index (χ0v) is 11.4. The van der Waals surface area contributed by atoms with Gasteiger partial charge in [0.15, 0.2) is 0 Å². The lowest BCUT2D eigenvalue weighted by atomic mass is 10.2. The van der Waals surface area contributed by atoms with Crippen LogP contribution in [0.1, 0.15) is 18.8 Å². The number of nitro groups is 1. The average Bonchev–Trinajstić information content (AvgIpc) is 2.86. The molecule has 2 rings (SSSR count). The first-order valence-electron chi connectivity index (χ1n) is 5.38. The van der Waals surface area contributed by atoms with Crippen molar-refractivity contribution in [2.45, 2.75) is 13.0 Å². The molecule has 19 heavy (non-hydrogen) atoms. The van der Waals surface area contributed by atoms with Crippen LogP contribution in [-0.2, 0) is 0 Å². The first-order chi connectivity index (χ1) is 8.99. The molecule has 0 bridgehead atoms. The number of aromatic amines is 1. The molecule has 0 radical (unpaired) electrons. The van der Waals surface area contributed by atoms with E-state index in [2.05, 4.69) is 15.3 Å². The lowest BCUT2D eigenvalue weighted by Gasteiger charge is -2.15. The van der Waals surface area contributed by atoms with Gasteiger partial charge in [-0.2, -0.15) is 0 Å². The highest BCUT2D eigenvalue weighted by atomic mass is 35.5. The van der Waals surface area contributed by atoms with Gasteiger partial charge in [0, 0.05) is 24.5 Å². The normalized spacial score (nSPS) is 12.2. The highest BCUT2D eigenvalue weighted by Crippen LogP contribution is 2.36. The average molecular weight is 301 g/mol. The molecule has 2 N–H and O–H groups in total. The molecule has 8 heteroatoms. The molecule has 0 amide bonds. The van der Waals surface area contributed by atoms with Crippen molar-refractivity contribution in [1.29, 1.82) is 0 Å². The van der Waals surface area contributed by atoms with Gasteiger partial charge >= 0.3 is 0 Å². The van der Waals surface area contributed by atoms with Gasteiger partial charge in [0.25, 0.3) is 5.69 Å². The number of halogens is 2. The molecule has 1 atom stereocenters. The van der Waals surface area contributed by atoms with E-state index >= 15 is 0 Å². The van der Waals surface area contributed by atoms with E-state index in [0.717, 1.165) is 0 Å². The summed E-state index contributed by atoms with van der Waals surface area (Å²) in [4.78, 5) is 17.2. The predicted octanol–water partition coefficient (Wildman–Crippen LogP) is 3.80. The van der Waals surface area contributed by atoms with E-state index in [-0.39, 0.29) is 21.8 Å². The fourth-order valence-electron chi connectivity index (χ4n) is 1.60. The van der Waals surface area contributed by atoms with Crippen LogP contribution in [0.2, 0.25) is 10.0 Å². The Hall–Kier alpha value is -1.79. The maximum Gasteiger partial charge on any atom is 0.272 e. The summed E-state index contributed by atoms with van der Waals surface area (Å²) in [7, 11) is 0. The van der Waals surface area contributed by atoms with Gasteiger partial charge in [-0.15, -0.1) is 0 Å². The quantitative estimate of drug-likeness (QED) is 0.664. The maximum absolute atomic E-state index is 10.7. The number of rotatable bonds is 4. The minimum atomic E-state index is -0.544. The Morgan fingerprint density at radius 3 is 2.53 bits per heavy atom. The molecule has 0 aliphatic heterocycles. The smallest absolute Gasteiger partial charge is 0.272 e. The van der Waals surface area contributed by atoms with Crippen molar-refractivity contribution >= 4 is 34.6 Å². The molecule has 2 aromatic rings. The number of non-ortho nitro benzene ring substituents is 1. The summed E-state index contributed by atoms with van der Waals surface area (Å²) in [5, 5.41) is 14.1. The van der Waals surface area contributed by atoms with E-state index in [1.807, 2.05) is 6.92 Å². The van der Waals surface area contributed by atoms with E-state index in [4.69, 9.17) is 23.2 Å². The summed E-state index contributed by atoms with van der Waals surface area (Å²) in [5.74, 6) is 0.713. The Balaban J connectivity index is 2.28. The van der Waals surface area contributed by atoms with Gasteiger partial charge in [-0.05, 0) is 6.92 Å². The minimum absolute atomic E-state index is 0.147. The van der Waals surface area contributed by atoms with Crippen LogP contribution in [0, 0.1) is 10.1 Å². The zero-order valence-electron chi connectivity index (χ0n) is 9.85. The number of benzene rings is 1. The molecular formula is C11H10Cl2N4O2. The summed E-state index contributed by atoms with van der Waals surface area (Å²) in [5.41, 5.74) is 0.295. The van der Waals surface area contributed by atoms with Crippen LogP contribution in [0.3, 0.4) is 0 Å².